The average Bonchev–Trinajstić information content (AvgIpc) is 2.79. The molecule has 2 amide bonds. The molecular weight excluding hydrogens is 286 g/mol. The zero-order valence-electron chi connectivity index (χ0n) is 12.3. The predicted octanol–water partition coefficient (Wildman–Crippen LogP) is 1.71. The number of aryl methyl sites for hydroxylation is 1. The van der Waals surface area contributed by atoms with Gasteiger partial charge in [0.2, 0.25) is 0 Å². The number of nitrogens with zero attached hydrogens (tertiary/aromatic N) is 1. The van der Waals surface area contributed by atoms with E-state index in [-0.39, 0.29) is 19.4 Å². The van der Waals surface area contributed by atoms with Gasteiger partial charge in [0, 0.05) is 12.8 Å². The lowest BCUT2D eigenvalue weighted by Crippen LogP contribution is -2.34. The molecule has 6 heteroatoms. The minimum Gasteiger partial charge on any atom is -0.482 e. The molecule has 22 heavy (non-hydrogen) atoms. The van der Waals surface area contributed by atoms with Crippen LogP contribution in [0.5, 0.6) is 5.75 Å². The summed E-state index contributed by atoms with van der Waals surface area (Å²) in [5, 5.41) is 0.505. The average molecular weight is 303 g/mol. The minimum atomic E-state index is -0.797. The highest BCUT2D eigenvalue weighted by molar-refractivity contribution is 6.01. The molecular formula is C16H17NO5. The Hall–Kier alpha value is -2.63. The summed E-state index contributed by atoms with van der Waals surface area (Å²) < 4.78 is 5.42. The van der Waals surface area contributed by atoms with Crippen LogP contribution in [0.1, 0.15) is 24.0 Å². The smallest absolute Gasteiger partial charge is 0.370 e. The van der Waals surface area contributed by atoms with Gasteiger partial charge in [0.1, 0.15) is 5.75 Å². The summed E-state index contributed by atoms with van der Waals surface area (Å²) in [7, 11) is 0. The quantitative estimate of drug-likeness (QED) is 0.591. The number of amides is 2. The first kappa shape index (κ1) is 15.8. The highest BCUT2D eigenvalue weighted by Gasteiger charge is 2.32. The molecule has 1 aromatic carbocycles. The van der Waals surface area contributed by atoms with E-state index < -0.39 is 17.8 Å². The Balaban J connectivity index is 1.95. The van der Waals surface area contributed by atoms with Gasteiger partial charge in [-0.15, -0.1) is 11.6 Å². The number of ether oxygens (including phenoxy) is 1. The number of imide groups is 1. The number of hydrogen-bond donors (Lipinski definition) is 0. The molecule has 1 fully saturated rings. The zero-order chi connectivity index (χ0) is 16.1. The maximum atomic E-state index is 11.7. The summed E-state index contributed by atoms with van der Waals surface area (Å²) >= 11 is 0. The van der Waals surface area contributed by atoms with Crippen molar-refractivity contribution in [3.63, 3.8) is 0 Å². The number of allylic oxidation sites excluding steroid dienone is 1. The Morgan fingerprint density at radius 1 is 1.32 bits per heavy atom. The van der Waals surface area contributed by atoms with Crippen LogP contribution in [0.2, 0.25) is 0 Å². The summed E-state index contributed by atoms with van der Waals surface area (Å²) in [6.45, 7) is 5.25. The molecule has 0 atom stereocenters. The Bertz CT molecular complexity index is 607. The normalized spacial score (nSPS) is 14.1. The molecule has 0 unspecified atom stereocenters. The van der Waals surface area contributed by atoms with Crippen LogP contribution < -0.4 is 4.74 Å². The predicted molar refractivity (Wildman–Crippen MR) is 77.8 cm³/mol. The van der Waals surface area contributed by atoms with Gasteiger partial charge in [-0.3, -0.25) is 9.59 Å². The second-order valence-electron chi connectivity index (χ2n) is 4.94. The van der Waals surface area contributed by atoms with Crippen molar-refractivity contribution in [1.82, 2.24) is 5.06 Å². The highest BCUT2D eigenvalue weighted by atomic mass is 16.7. The van der Waals surface area contributed by atoms with Crippen molar-refractivity contribution in [3.05, 3.63) is 42.0 Å². The van der Waals surface area contributed by atoms with Gasteiger partial charge in [0.15, 0.2) is 6.61 Å². The van der Waals surface area contributed by atoms with Gasteiger partial charge in [-0.25, -0.2) is 4.79 Å². The molecule has 0 spiro atoms. The second kappa shape index (κ2) is 6.89. The van der Waals surface area contributed by atoms with Crippen molar-refractivity contribution in [1.29, 1.82) is 0 Å². The molecule has 6 nitrogen and oxygen atoms in total. The van der Waals surface area contributed by atoms with Gasteiger partial charge in [-0.1, -0.05) is 23.8 Å². The van der Waals surface area contributed by atoms with Crippen LogP contribution in [0.15, 0.2) is 30.9 Å². The molecule has 1 saturated heterocycles. The molecule has 1 aliphatic heterocycles. The molecule has 0 aromatic heterocycles. The highest BCUT2D eigenvalue weighted by Crippen LogP contribution is 2.21. The Labute approximate surface area is 128 Å². The molecule has 1 aliphatic rings. The summed E-state index contributed by atoms with van der Waals surface area (Å²) in [5.41, 5.74) is 1.97. The fourth-order valence-electron chi connectivity index (χ4n) is 2.09. The van der Waals surface area contributed by atoms with E-state index in [1.54, 1.807) is 12.1 Å². The topological polar surface area (TPSA) is 72.9 Å². The van der Waals surface area contributed by atoms with Gasteiger partial charge in [0.05, 0.1) is 0 Å². The molecule has 0 aliphatic carbocycles. The van der Waals surface area contributed by atoms with Crippen LogP contribution in [0.25, 0.3) is 0 Å². The first-order valence-corrected chi connectivity index (χ1v) is 6.91. The summed E-state index contributed by atoms with van der Waals surface area (Å²) in [4.78, 5) is 39.1. The molecule has 1 aromatic rings. The lowest BCUT2D eigenvalue weighted by molar-refractivity contribution is -0.198. The molecule has 1 heterocycles. The Morgan fingerprint density at radius 2 is 2.00 bits per heavy atom. The van der Waals surface area contributed by atoms with E-state index in [9.17, 15) is 14.4 Å². The third kappa shape index (κ3) is 3.72. The maximum absolute atomic E-state index is 11.7. The molecule has 0 saturated carbocycles. The van der Waals surface area contributed by atoms with E-state index in [0.717, 1.165) is 11.1 Å². The zero-order valence-corrected chi connectivity index (χ0v) is 12.3. The van der Waals surface area contributed by atoms with E-state index in [0.29, 0.717) is 17.2 Å². The summed E-state index contributed by atoms with van der Waals surface area (Å²) in [5.74, 6) is -1.28. The van der Waals surface area contributed by atoms with E-state index in [2.05, 4.69) is 6.58 Å². The third-order valence-corrected chi connectivity index (χ3v) is 3.12. The number of carbonyl (C=O) groups excluding carboxylic acids is 3. The van der Waals surface area contributed by atoms with Crippen molar-refractivity contribution in [2.24, 2.45) is 0 Å². The molecule has 2 rings (SSSR count). The van der Waals surface area contributed by atoms with Crippen LogP contribution >= 0.6 is 0 Å². The SMILES string of the molecule is C=CCc1cc(C)ccc1OCC(=O)ON1C(=O)CCC1=O. The first-order valence-electron chi connectivity index (χ1n) is 6.91. The van der Waals surface area contributed by atoms with E-state index in [1.165, 1.54) is 0 Å². The van der Waals surface area contributed by atoms with Crippen molar-refractivity contribution < 1.29 is 24.0 Å². The number of carbonyl (C=O) groups is 3. The van der Waals surface area contributed by atoms with Gasteiger partial charge in [-0.2, -0.15) is 0 Å². The monoisotopic (exact) mass is 303 g/mol. The van der Waals surface area contributed by atoms with Crippen LogP contribution in [-0.2, 0) is 25.6 Å². The molecule has 0 radical (unpaired) electrons. The summed E-state index contributed by atoms with van der Waals surface area (Å²) in [6, 6.07) is 5.56. The Kier molecular flexibility index (Phi) is 4.93. The van der Waals surface area contributed by atoms with Crippen molar-refractivity contribution in [3.8, 4) is 5.75 Å². The molecule has 0 bridgehead atoms. The number of benzene rings is 1. The van der Waals surface area contributed by atoms with E-state index >= 15 is 0 Å². The lowest BCUT2D eigenvalue weighted by Gasteiger charge is -2.14. The number of hydroxylamine groups is 2. The standard InChI is InChI=1S/C16H17NO5/c1-3-4-12-9-11(2)5-6-13(12)21-10-16(20)22-17-14(18)7-8-15(17)19/h3,5-6,9H,1,4,7-8,10H2,2H3. The number of hydrogen-bond acceptors (Lipinski definition) is 5. The van der Waals surface area contributed by atoms with Gasteiger partial charge < -0.3 is 9.57 Å². The first-order chi connectivity index (χ1) is 10.5. The minimum absolute atomic E-state index is 0.0639. The number of rotatable bonds is 6. The maximum Gasteiger partial charge on any atom is 0.370 e. The van der Waals surface area contributed by atoms with Crippen LogP contribution in [0.4, 0.5) is 0 Å². The van der Waals surface area contributed by atoms with E-state index in [4.69, 9.17) is 9.57 Å². The second-order valence-corrected chi connectivity index (χ2v) is 4.94. The largest absolute Gasteiger partial charge is 0.482 e. The summed E-state index contributed by atoms with van der Waals surface area (Å²) in [6.07, 6.45) is 2.47. The Morgan fingerprint density at radius 3 is 2.64 bits per heavy atom. The van der Waals surface area contributed by atoms with Gasteiger partial charge in [-0.05, 0) is 25.0 Å². The fourth-order valence-corrected chi connectivity index (χ4v) is 2.09. The van der Waals surface area contributed by atoms with Gasteiger partial charge >= 0.3 is 5.97 Å². The van der Waals surface area contributed by atoms with Gasteiger partial charge in [0.25, 0.3) is 11.8 Å². The van der Waals surface area contributed by atoms with Crippen LogP contribution in [0.3, 0.4) is 0 Å². The van der Waals surface area contributed by atoms with E-state index in [1.807, 2.05) is 19.1 Å². The molecule has 0 N–H and O–H groups in total. The lowest BCUT2D eigenvalue weighted by atomic mass is 10.1. The van der Waals surface area contributed by atoms with Crippen molar-refractivity contribution >= 4 is 17.8 Å². The fraction of sp³-hybridized carbons (Fsp3) is 0.312. The third-order valence-electron chi connectivity index (χ3n) is 3.12. The van der Waals surface area contributed by atoms with Crippen LogP contribution in [-0.4, -0.2) is 29.5 Å². The van der Waals surface area contributed by atoms with Crippen LogP contribution in [0, 0.1) is 6.92 Å². The van der Waals surface area contributed by atoms with Crippen molar-refractivity contribution in [2.45, 2.75) is 26.2 Å². The molecule has 116 valence electrons. The van der Waals surface area contributed by atoms with Crippen molar-refractivity contribution in [2.75, 3.05) is 6.61 Å².